The molecule has 4 nitrogen and oxygen atoms in total. The molecule has 0 saturated carbocycles. The molecule has 1 rings (SSSR count). The van der Waals surface area contributed by atoms with Gasteiger partial charge in [-0.25, -0.2) is 0 Å². The van der Waals surface area contributed by atoms with Gasteiger partial charge in [-0.1, -0.05) is 18.5 Å². The lowest BCUT2D eigenvalue weighted by Crippen LogP contribution is -2.22. The Morgan fingerprint density at radius 3 is 2.65 bits per heavy atom. The van der Waals surface area contributed by atoms with Crippen molar-refractivity contribution in [1.82, 2.24) is 0 Å². The van der Waals surface area contributed by atoms with E-state index in [0.717, 1.165) is 0 Å². The van der Waals surface area contributed by atoms with E-state index in [4.69, 9.17) is 28.9 Å². The van der Waals surface area contributed by atoms with E-state index in [0.29, 0.717) is 10.7 Å². The van der Waals surface area contributed by atoms with Gasteiger partial charge in [0, 0.05) is 17.4 Å². The van der Waals surface area contributed by atoms with E-state index in [1.807, 2.05) is 0 Å². The van der Waals surface area contributed by atoms with Crippen LogP contribution in [0.4, 0.5) is 5.69 Å². The van der Waals surface area contributed by atoms with Crippen LogP contribution in [0, 0.1) is 5.92 Å². The van der Waals surface area contributed by atoms with Gasteiger partial charge in [-0.05, 0) is 18.2 Å². The highest BCUT2D eigenvalue weighted by Gasteiger charge is 2.14. The van der Waals surface area contributed by atoms with Crippen LogP contribution in [-0.2, 0) is 4.79 Å². The van der Waals surface area contributed by atoms with Crippen LogP contribution in [0.15, 0.2) is 18.2 Å². The number of nitrogens with one attached hydrogen (secondary N) is 1. The average Bonchev–Trinajstić information content (AvgIpc) is 2.30. The number of hydrogen-bond donors (Lipinski definition) is 2. The summed E-state index contributed by atoms with van der Waals surface area (Å²) in [4.78, 5) is 22.6. The second-order valence-electron chi connectivity index (χ2n) is 3.60. The number of carbonyl (C=O) groups is 2. The van der Waals surface area contributed by atoms with Crippen molar-refractivity contribution in [3.8, 4) is 0 Å². The molecule has 0 heterocycles. The zero-order valence-electron chi connectivity index (χ0n) is 9.17. The average molecular weight is 275 g/mol. The van der Waals surface area contributed by atoms with Crippen LogP contribution in [0.1, 0.15) is 17.3 Å². The van der Waals surface area contributed by atoms with Crippen molar-refractivity contribution in [2.24, 2.45) is 11.7 Å². The summed E-state index contributed by atoms with van der Waals surface area (Å²) >= 11 is 11.5. The van der Waals surface area contributed by atoms with Crippen molar-refractivity contribution >= 4 is 40.7 Å². The Hall–Kier alpha value is -1.26. The second-order valence-corrected chi connectivity index (χ2v) is 4.32. The number of alkyl halides is 1. The number of halogens is 2. The maximum absolute atomic E-state index is 11.6. The van der Waals surface area contributed by atoms with Crippen molar-refractivity contribution in [1.29, 1.82) is 0 Å². The minimum Gasteiger partial charge on any atom is -0.366 e. The first-order valence-corrected chi connectivity index (χ1v) is 5.83. The third-order valence-corrected chi connectivity index (χ3v) is 2.98. The van der Waals surface area contributed by atoms with Gasteiger partial charge < -0.3 is 11.1 Å². The molecule has 2 amide bonds. The molecule has 0 aliphatic rings. The fourth-order valence-electron chi connectivity index (χ4n) is 1.10. The predicted octanol–water partition coefficient (Wildman–Crippen LogP) is 2.25. The fourth-order valence-corrected chi connectivity index (χ4v) is 1.41. The molecule has 0 spiro atoms. The molecule has 0 fully saturated rings. The first-order valence-electron chi connectivity index (χ1n) is 4.92. The SMILES string of the molecule is CC(CCl)C(=O)Nc1cc(C(N)=O)ccc1Cl. The van der Waals surface area contributed by atoms with Gasteiger partial charge in [-0.2, -0.15) is 0 Å². The summed E-state index contributed by atoms with van der Waals surface area (Å²) in [6.07, 6.45) is 0. The van der Waals surface area contributed by atoms with Gasteiger partial charge in [-0.3, -0.25) is 9.59 Å². The molecule has 1 aromatic rings. The van der Waals surface area contributed by atoms with Crippen molar-refractivity contribution in [2.75, 3.05) is 11.2 Å². The molecule has 92 valence electrons. The Kier molecular flexibility index (Phi) is 4.78. The van der Waals surface area contributed by atoms with Gasteiger partial charge in [0.2, 0.25) is 11.8 Å². The number of anilines is 1. The van der Waals surface area contributed by atoms with Crippen LogP contribution in [0.5, 0.6) is 0 Å². The first-order chi connectivity index (χ1) is 7.95. The Morgan fingerprint density at radius 2 is 2.12 bits per heavy atom. The summed E-state index contributed by atoms with van der Waals surface area (Å²) in [5, 5.41) is 2.93. The molecular weight excluding hydrogens is 263 g/mol. The zero-order chi connectivity index (χ0) is 13.0. The highest BCUT2D eigenvalue weighted by Crippen LogP contribution is 2.23. The van der Waals surface area contributed by atoms with E-state index in [1.165, 1.54) is 18.2 Å². The van der Waals surface area contributed by atoms with Crippen LogP contribution in [0.25, 0.3) is 0 Å². The highest BCUT2D eigenvalue weighted by molar-refractivity contribution is 6.34. The molecule has 1 unspecified atom stereocenters. The minimum absolute atomic E-state index is 0.207. The van der Waals surface area contributed by atoms with E-state index in [-0.39, 0.29) is 23.3 Å². The molecule has 1 aromatic carbocycles. The number of carbonyl (C=O) groups excluding carboxylic acids is 2. The highest BCUT2D eigenvalue weighted by atomic mass is 35.5. The van der Waals surface area contributed by atoms with Crippen LogP contribution in [-0.4, -0.2) is 17.7 Å². The number of nitrogens with two attached hydrogens (primary N) is 1. The van der Waals surface area contributed by atoms with Crippen LogP contribution < -0.4 is 11.1 Å². The first kappa shape index (κ1) is 13.8. The lowest BCUT2D eigenvalue weighted by Gasteiger charge is -2.11. The maximum Gasteiger partial charge on any atom is 0.248 e. The molecule has 0 saturated heterocycles. The molecule has 0 bridgehead atoms. The lowest BCUT2D eigenvalue weighted by atomic mass is 10.1. The molecule has 0 radical (unpaired) electrons. The summed E-state index contributed by atoms with van der Waals surface area (Å²) in [5.74, 6) is -0.977. The molecule has 0 aliphatic carbocycles. The molecule has 3 N–H and O–H groups in total. The normalized spacial score (nSPS) is 11.9. The fraction of sp³-hybridized carbons (Fsp3) is 0.273. The Morgan fingerprint density at radius 1 is 1.47 bits per heavy atom. The Labute approximate surface area is 109 Å². The molecular formula is C11H12Cl2N2O2. The topological polar surface area (TPSA) is 72.2 Å². The summed E-state index contributed by atoms with van der Waals surface area (Å²) in [5.41, 5.74) is 5.77. The summed E-state index contributed by atoms with van der Waals surface area (Å²) in [7, 11) is 0. The Balaban J connectivity index is 2.94. The van der Waals surface area contributed by atoms with Crippen LogP contribution >= 0.6 is 23.2 Å². The molecule has 17 heavy (non-hydrogen) atoms. The van der Waals surface area contributed by atoms with Gasteiger partial charge in [0.25, 0.3) is 0 Å². The molecule has 6 heteroatoms. The molecule has 1 atom stereocenters. The van der Waals surface area contributed by atoms with E-state index < -0.39 is 5.91 Å². The third kappa shape index (κ3) is 3.61. The maximum atomic E-state index is 11.6. The van der Waals surface area contributed by atoms with Gasteiger partial charge in [-0.15, -0.1) is 11.6 Å². The molecule has 0 aliphatic heterocycles. The predicted molar refractivity (Wildman–Crippen MR) is 68.5 cm³/mol. The van der Waals surface area contributed by atoms with E-state index >= 15 is 0 Å². The lowest BCUT2D eigenvalue weighted by molar-refractivity contribution is -0.118. The van der Waals surface area contributed by atoms with Gasteiger partial charge >= 0.3 is 0 Å². The number of amides is 2. The van der Waals surface area contributed by atoms with Crippen LogP contribution in [0.3, 0.4) is 0 Å². The van der Waals surface area contributed by atoms with E-state index in [2.05, 4.69) is 5.32 Å². The standard InChI is InChI=1S/C11H12Cl2N2O2/c1-6(5-12)11(17)15-9-4-7(10(14)16)2-3-8(9)13/h2-4,6H,5H2,1H3,(H2,14,16)(H,15,17). The zero-order valence-corrected chi connectivity index (χ0v) is 10.7. The minimum atomic E-state index is -0.581. The largest absolute Gasteiger partial charge is 0.366 e. The second kappa shape index (κ2) is 5.89. The monoisotopic (exact) mass is 274 g/mol. The Bertz CT molecular complexity index is 449. The van der Waals surface area contributed by atoms with Crippen molar-refractivity contribution in [3.63, 3.8) is 0 Å². The van der Waals surface area contributed by atoms with Crippen molar-refractivity contribution in [2.45, 2.75) is 6.92 Å². The summed E-state index contributed by atoms with van der Waals surface area (Å²) in [6.45, 7) is 1.69. The quantitative estimate of drug-likeness (QED) is 0.827. The molecule has 0 aromatic heterocycles. The van der Waals surface area contributed by atoms with Crippen molar-refractivity contribution in [3.05, 3.63) is 28.8 Å². The number of rotatable bonds is 4. The number of primary amides is 1. The van der Waals surface area contributed by atoms with Gasteiger partial charge in [0.05, 0.1) is 10.7 Å². The van der Waals surface area contributed by atoms with Gasteiger partial charge in [0.1, 0.15) is 0 Å². The summed E-state index contributed by atoms with van der Waals surface area (Å²) < 4.78 is 0. The third-order valence-electron chi connectivity index (χ3n) is 2.19. The smallest absolute Gasteiger partial charge is 0.248 e. The number of benzene rings is 1. The van der Waals surface area contributed by atoms with Crippen molar-refractivity contribution < 1.29 is 9.59 Å². The van der Waals surface area contributed by atoms with E-state index in [9.17, 15) is 9.59 Å². The number of hydrogen-bond acceptors (Lipinski definition) is 2. The van der Waals surface area contributed by atoms with Crippen LogP contribution in [0.2, 0.25) is 5.02 Å². The summed E-state index contributed by atoms with van der Waals surface area (Å²) in [6, 6.07) is 4.43. The van der Waals surface area contributed by atoms with E-state index in [1.54, 1.807) is 6.92 Å². The van der Waals surface area contributed by atoms with Gasteiger partial charge in [0.15, 0.2) is 0 Å².